The minimum absolute atomic E-state index is 0.0660. The number of hydrogen-bond donors (Lipinski definition) is 5. The van der Waals surface area contributed by atoms with Crippen molar-refractivity contribution in [1.29, 1.82) is 0 Å². The molecule has 1 aromatic rings. The van der Waals surface area contributed by atoms with Gasteiger partial charge in [0.05, 0.1) is 30.7 Å². The molecule has 3 aliphatic heterocycles. The summed E-state index contributed by atoms with van der Waals surface area (Å²) in [6.07, 6.45) is 0.360. The zero-order valence-electron chi connectivity index (χ0n) is 21.9. The molecule has 2 saturated heterocycles. The largest absolute Gasteiger partial charge is 0.388 e. The third kappa shape index (κ3) is 7.67. The van der Waals surface area contributed by atoms with Crippen molar-refractivity contribution < 1.29 is 33.5 Å². The molecular weight excluding hydrogens is 569 g/mol. The summed E-state index contributed by atoms with van der Waals surface area (Å²) in [5.41, 5.74) is 1.96. The average molecular weight is 604 g/mol. The molecule has 39 heavy (non-hydrogen) atoms. The number of amides is 1. The Morgan fingerprint density at radius 1 is 1.23 bits per heavy atom. The van der Waals surface area contributed by atoms with Crippen molar-refractivity contribution in [2.24, 2.45) is 5.92 Å². The van der Waals surface area contributed by atoms with Gasteiger partial charge in [0.25, 0.3) is 0 Å². The number of fused-ring (bicyclic) bond motifs is 1. The van der Waals surface area contributed by atoms with Crippen LogP contribution in [0.4, 0.5) is 9.57 Å². The van der Waals surface area contributed by atoms with Crippen molar-refractivity contribution >= 4 is 52.7 Å². The van der Waals surface area contributed by atoms with Crippen molar-refractivity contribution in [3.05, 3.63) is 47.3 Å². The van der Waals surface area contributed by atoms with Gasteiger partial charge in [-0.25, -0.2) is 4.85 Å². The normalized spacial score (nSPS) is 33.8. The third-order valence-corrected chi connectivity index (χ3v) is 8.27. The van der Waals surface area contributed by atoms with Crippen LogP contribution in [0.5, 0.6) is 0 Å². The quantitative estimate of drug-likeness (QED) is 0.246. The monoisotopic (exact) mass is 603 g/mol. The van der Waals surface area contributed by atoms with Crippen LogP contribution in [0, 0.1) is 12.5 Å². The molecule has 0 spiro atoms. The van der Waals surface area contributed by atoms with Crippen molar-refractivity contribution in [1.82, 2.24) is 10.6 Å². The highest BCUT2D eigenvalue weighted by atomic mass is 35.5. The number of benzene rings is 1. The van der Waals surface area contributed by atoms with Gasteiger partial charge in [-0.1, -0.05) is 30.3 Å². The molecule has 0 aliphatic carbocycles. The van der Waals surface area contributed by atoms with E-state index in [1.807, 2.05) is 18.2 Å². The van der Waals surface area contributed by atoms with E-state index in [-0.39, 0.29) is 30.1 Å². The second kappa shape index (κ2) is 15.0. The molecule has 3 aliphatic rings. The number of ether oxygens (including phenoxy) is 2. The Bertz CT molecular complexity index is 1030. The number of thioether (sulfide) groups is 1. The summed E-state index contributed by atoms with van der Waals surface area (Å²) in [7, 11) is 0. The number of hydrogen-bond acceptors (Lipinski definition) is 9. The van der Waals surface area contributed by atoms with Gasteiger partial charge >= 0.3 is 0 Å². The van der Waals surface area contributed by atoms with Crippen LogP contribution in [0.2, 0.25) is 0 Å². The van der Waals surface area contributed by atoms with E-state index in [9.17, 15) is 24.0 Å². The number of nitrogens with zero attached hydrogens (tertiary/aromatic N) is 1. The third-order valence-electron chi connectivity index (χ3n) is 7.14. The smallest absolute Gasteiger partial charge is 0.240 e. The molecule has 3 heterocycles. The first-order valence-electron chi connectivity index (χ1n) is 12.5. The molecule has 1 amide bonds. The SMILES string of the molecule is CSF.[C-]#[N+]c1ccc(C2=CCO[C@@H]3[C@H](CN[C@@H]3C(=O)N[C@H]([C@H](C)Cl)[C@H]3OC(SC)[C@H](O)[C@H](O)C3O)C2)cc1. The van der Waals surface area contributed by atoms with Crippen molar-refractivity contribution in [3.8, 4) is 0 Å². The number of carbonyl (C=O) groups excluding carboxylic acids is 1. The number of rotatable bonds is 6. The first-order valence-corrected chi connectivity index (χ1v) is 15.3. The van der Waals surface area contributed by atoms with Gasteiger partial charge < -0.3 is 35.4 Å². The molecule has 216 valence electrons. The predicted molar refractivity (Wildman–Crippen MR) is 152 cm³/mol. The van der Waals surface area contributed by atoms with E-state index in [0.717, 1.165) is 17.6 Å². The van der Waals surface area contributed by atoms with Gasteiger partial charge in [-0.3, -0.25) is 4.79 Å². The number of halogens is 2. The summed E-state index contributed by atoms with van der Waals surface area (Å²) in [6, 6.07) is 6.01. The van der Waals surface area contributed by atoms with Crippen LogP contribution in [0.3, 0.4) is 0 Å². The standard InChI is InChI=1S/C25H32ClN3O6S.CH3FS/c1-12(26)17(23-20(31)19(30)21(32)25(35-23)36-3)29-24(33)18-22-15(11-28-18)10-14(8-9-34-22)13-4-6-16(27-2)7-5-13;1-3-2/h4-8,12,15,17-23,25,28,30-32H,9-11H2,1,3H3,(H,29,33);1H3/t12-,15-,17+,18-,19+,20?,21+,22+,23+,25?;/m0./s1. The molecule has 2 unspecified atom stereocenters. The van der Waals surface area contributed by atoms with Crippen molar-refractivity contribution in [3.63, 3.8) is 0 Å². The highest BCUT2D eigenvalue weighted by Gasteiger charge is 2.49. The van der Waals surface area contributed by atoms with E-state index in [4.69, 9.17) is 27.6 Å². The molecule has 13 heteroatoms. The van der Waals surface area contributed by atoms with Crippen molar-refractivity contribution in [2.45, 2.75) is 66.8 Å². The molecule has 4 rings (SSSR count). The number of carbonyl (C=O) groups is 1. The van der Waals surface area contributed by atoms with Crippen molar-refractivity contribution in [2.75, 3.05) is 25.7 Å². The maximum atomic E-state index is 13.4. The van der Waals surface area contributed by atoms with Gasteiger partial charge in [-0.2, -0.15) is 3.89 Å². The van der Waals surface area contributed by atoms with Crippen LogP contribution in [-0.2, 0) is 14.3 Å². The van der Waals surface area contributed by atoms with Gasteiger partial charge in [0.1, 0.15) is 35.9 Å². The highest BCUT2D eigenvalue weighted by Crippen LogP contribution is 2.34. The van der Waals surface area contributed by atoms with Crippen LogP contribution in [-0.4, -0.2) is 100 Å². The fraction of sp³-hybridized carbons (Fsp3) is 0.615. The molecule has 5 N–H and O–H groups in total. The number of aliphatic hydroxyl groups excluding tert-OH is 3. The topological polar surface area (TPSA) is 125 Å². The lowest BCUT2D eigenvalue weighted by molar-refractivity contribution is -0.205. The van der Waals surface area contributed by atoms with Gasteiger partial charge in [-0.15, -0.1) is 23.4 Å². The van der Waals surface area contributed by atoms with Crippen LogP contribution < -0.4 is 10.6 Å². The lowest BCUT2D eigenvalue weighted by Crippen LogP contribution is -2.65. The minimum atomic E-state index is -1.43. The zero-order valence-corrected chi connectivity index (χ0v) is 24.3. The lowest BCUT2D eigenvalue weighted by Gasteiger charge is -2.44. The fourth-order valence-electron chi connectivity index (χ4n) is 5.13. The Hall–Kier alpha value is -1.40. The maximum Gasteiger partial charge on any atom is 0.240 e. The minimum Gasteiger partial charge on any atom is -0.388 e. The molecule has 0 aromatic heterocycles. The van der Waals surface area contributed by atoms with E-state index >= 15 is 0 Å². The molecule has 9 nitrogen and oxygen atoms in total. The van der Waals surface area contributed by atoms with Gasteiger partial charge in [0.15, 0.2) is 5.69 Å². The Morgan fingerprint density at radius 2 is 1.90 bits per heavy atom. The molecule has 0 radical (unpaired) electrons. The fourth-order valence-corrected chi connectivity index (χ4v) is 6.02. The molecule has 2 fully saturated rings. The number of nitrogens with one attached hydrogen (secondary N) is 2. The summed E-state index contributed by atoms with van der Waals surface area (Å²) >= 11 is 7.86. The van der Waals surface area contributed by atoms with Crippen LogP contribution in [0.15, 0.2) is 30.3 Å². The summed E-state index contributed by atoms with van der Waals surface area (Å²) in [6.45, 7) is 9.75. The van der Waals surface area contributed by atoms with Gasteiger partial charge in [-0.05, 0) is 30.7 Å². The highest BCUT2D eigenvalue weighted by molar-refractivity contribution is 7.99. The van der Waals surface area contributed by atoms with E-state index in [1.165, 1.54) is 18.0 Å². The van der Waals surface area contributed by atoms with Gasteiger partial charge in [0, 0.05) is 30.9 Å². The molecule has 0 bridgehead atoms. The number of aliphatic hydroxyl groups is 3. The van der Waals surface area contributed by atoms with E-state index in [0.29, 0.717) is 18.8 Å². The second-order valence-electron chi connectivity index (χ2n) is 9.58. The molecular formula is C26H35ClFN3O6S2. The maximum absolute atomic E-state index is 13.4. The molecule has 1 aromatic carbocycles. The Kier molecular flexibility index (Phi) is 12.4. The summed E-state index contributed by atoms with van der Waals surface area (Å²) in [5, 5.41) is 36.6. The Balaban J connectivity index is 0.00000134. The zero-order chi connectivity index (χ0) is 28.7. The van der Waals surface area contributed by atoms with E-state index < -0.39 is 47.3 Å². The lowest BCUT2D eigenvalue weighted by atomic mass is 9.90. The molecule has 10 atom stereocenters. The Labute approximate surface area is 242 Å². The van der Waals surface area contributed by atoms with Crippen LogP contribution in [0.1, 0.15) is 18.9 Å². The summed E-state index contributed by atoms with van der Waals surface area (Å²) < 4.78 is 22.2. The first-order chi connectivity index (χ1) is 18.7. The average Bonchev–Trinajstić information content (AvgIpc) is 3.21. The van der Waals surface area contributed by atoms with E-state index in [2.05, 4.69) is 15.5 Å². The number of allylic oxidation sites excluding steroid dienone is 1. The van der Waals surface area contributed by atoms with Crippen LogP contribution >= 0.6 is 35.5 Å². The molecule has 0 saturated carbocycles. The number of alkyl halides is 1. The predicted octanol–water partition coefficient (Wildman–Crippen LogP) is 2.51. The summed E-state index contributed by atoms with van der Waals surface area (Å²) in [4.78, 5) is 16.8. The first kappa shape index (κ1) is 32.1. The summed E-state index contributed by atoms with van der Waals surface area (Å²) in [5.74, 6) is -0.266. The van der Waals surface area contributed by atoms with Gasteiger partial charge in [0.2, 0.25) is 5.91 Å². The second-order valence-corrected chi connectivity index (χ2v) is 11.5. The Morgan fingerprint density at radius 3 is 2.49 bits per heavy atom. The van der Waals surface area contributed by atoms with E-state index in [1.54, 1.807) is 25.3 Å². The van der Waals surface area contributed by atoms with Crippen LogP contribution in [0.25, 0.3) is 10.4 Å².